The lowest BCUT2D eigenvalue weighted by Gasteiger charge is -2.11. The van der Waals surface area contributed by atoms with Crippen LogP contribution in [0.3, 0.4) is 0 Å². The Balaban J connectivity index is 1.36. The highest BCUT2D eigenvalue weighted by atomic mass is 19.1. The van der Waals surface area contributed by atoms with Crippen molar-refractivity contribution < 1.29 is 18.7 Å². The molecule has 2 aromatic carbocycles. The van der Waals surface area contributed by atoms with E-state index in [0.29, 0.717) is 45.1 Å². The highest BCUT2D eigenvalue weighted by molar-refractivity contribution is 5.98. The van der Waals surface area contributed by atoms with Crippen molar-refractivity contribution in [3.8, 4) is 28.4 Å². The van der Waals surface area contributed by atoms with Gasteiger partial charge in [0.25, 0.3) is 0 Å². The molecule has 0 spiro atoms. The minimum absolute atomic E-state index is 0.0357. The number of carbonyl (C=O) groups excluding carboxylic acids is 1. The van der Waals surface area contributed by atoms with Gasteiger partial charge in [-0.15, -0.1) is 0 Å². The van der Waals surface area contributed by atoms with E-state index in [1.807, 2.05) is 13.0 Å². The molecule has 3 heterocycles. The Morgan fingerprint density at radius 3 is 2.45 bits per heavy atom. The van der Waals surface area contributed by atoms with Crippen LogP contribution in [0.25, 0.3) is 22.2 Å². The molecular formula is C30H24FN3O4. The number of aryl methyl sites for hydroxylation is 2. The van der Waals surface area contributed by atoms with E-state index in [9.17, 15) is 14.0 Å². The maximum absolute atomic E-state index is 13.4. The largest absolute Gasteiger partial charge is 0.495 e. The maximum atomic E-state index is 13.4. The molecule has 0 aliphatic carbocycles. The van der Waals surface area contributed by atoms with Crippen molar-refractivity contribution in [1.29, 1.82) is 0 Å². The summed E-state index contributed by atoms with van der Waals surface area (Å²) in [5.74, 6) is 1.04. The number of halogens is 1. The molecule has 0 fully saturated rings. The summed E-state index contributed by atoms with van der Waals surface area (Å²) in [5.41, 5.74) is 3.88. The van der Waals surface area contributed by atoms with E-state index in [4.69, 9.17) is 9.47 Å². The number of ether oxygens (including phenoxy) is 2. The predicted molar refractivity (Wildman–Crippen MR) is 143 cm³/mol. The van der Waals surface area contributed by atoms with Crippen molar-refractivity contribution in [2.45, 2.75) is 20.3 Å². The highest BCUT2D eigenvalue weighted by Crippen LogP contribution is 2.30. The normalized spacial score (nSPS) is 10.9. The fourth-order valence-electron chi connectivity index (χ4n) is 4.29. The monoisotopic (exact) mass is 509 g/mol. The second-order valence-corrected chi connectivity index (χ2v) is 8.84. The first-order valence-corrected chi connectivity index (χ1v) is 11.9. The van der Waals surface area contributed by atoms with E-state index in [1.165, 1.54) is 30.5 Å². The molecule has 0 atom stereocenters. The number of pyridine rings is 3. The molecule has 0 aliphatic heterocycles. The van der Waals surface area contributed by atoms with Crippen LogP contribution in [0.2, 0.25) is 0 Å². The highest BCUT2D eigenvalue weighted by Gasteiger charge is 2.17. The van der Waals surface area contributed by atoms with Crippen molar-refractivity contribution in [2.75, 3.05) is 7.11 Å². The molecule has 1 N–H and O–H groups in total. The summed E-state index contributed by atoms with van der Waals surface area (Å²) in [6.45, 7) is 3.59. The fraction of sp³-hybridized carbons (Fsp3) is 0.133. The molecule has 0 saturated heterocycles. The predicted octanol–water partition coefficient (Wildman–Crippen LogP) is 5.97. The summed E-state index contributed by atoms with van der Waals surface area (Å²) in [4.78, 5) is 38.1. The summed E-state index contributed by atoms with van der Waals surface area (Å²) in [6.07, 6.45) is 3.11. The third-order valence-electron chi connectivity index (χ3n) is 6.27. The number of benzene rings is 2. The number of nitrogens with one attached hydrogen (secondary N) is 1. The van der Waals surface area contributed by atoms with E-state index in [0.717, 1.165) is 11.3 Å². The van der Waals surface area contributed by atoms with Gasteiger partial charge in [-0.1, -0.05) is 24.3 Å². The van der Waals surface area contributed by atoms with E-state index in [2.05, 4.69) is 15.0 Å². The number of hydrogen-bond acceptors (Lipinski definition) is 6. The molecular weight excluding hydrogens is 485 g/mol. The van der Waals surface area contributed by atoms with Crippen molar-refractivity contribution in [2.24, 2.45) is 0 Å². The Morgan fingerprint density at radius 2 is 1.74 bits per heavy atom. The van der Waals surface area contributed by atoms with E-state index in [1.54, 1.807) is 50.6 Å². The van der Waals surface area contributed by atoms with Gasteiger partial charge < -0.3 is 14.5 Å². The molecule has 0 saturated carbocycles. The fourth-order valence-corrected chi connectivity index (χ4v) is 4.29. The summed E-state index contributed by atoms with van der Waals surface area (Å²) >= 11 is 0. The average molecular weight is 510 g/mol. The van der Waals surface area contributed by atoms with Gasteiger partial charge in [0.1, 0.15) is 22.8 Å². The first-order valence-electron chi connectivity index (χ1n) is 11.9. The van der Waals surface area contributed by atoms with E-state index in [-0.39, 0.29) is 23.2 Å². The molecule has 0 amide bonds. The number of carbonyl (C=O) groups is 1. The number of nitrogens with zero attached hydrogens (tertiary/aromatic N) is 2. The number of hydrogen-bond donors (Lipinski definition) is 1. The van der Waals surface area contributed by atoms with Crippen molar-refractivity contribution in [3.05, 3.63) is 112 Å². The van der Waals surface area contributed by atoms with Gasteiger partial charge in [0.05, 0.1) is 23.9 Å². The van der Waals surface area contributed by atoms with Gasteiger partial charge in [0.2, 0.25) is 0 Å². The average Bonchev–Trinajstić information content (AvgIpc) is 2.91. The van der Waals surface area contributed by atoms with Crippen LogP contribution in [0.5, 0.6) is 17.2 Å². The molecule has 3 aromatic heterocycles. The number of H-pyrrole nitrogens is 1. The third kappa shape index (κ3) is 4.88. The minimum atomic E-state index is -0.397. The van der Waals surface area contributed by atoms with Gasteiger partial charge in [-0.25, -0.2) is 9.37 Å². The van der Waals surface area contributed by atoms with Crippen LogP contribution in [0.4, 0.5) is 4.39 Å². The molecule has 8 heteroatoms. The zero-order chi connectivity index (χ0) is 26.8. The Bertz CT molecular complexity index is 1710. The standard InChI is InChI=1S/C30H24FN3O4/c1-17-27(37-3)15-24-29(34-17)26(12-13-32-24)38-22-10-4-19(5-11-22)14-25(35)23-16-33-18(2)28(30(23)36)20-6-8-21(31)9-7-20/h4-13,15-16H,14H2,1-3H3,(H,33,36). The van der Waals surface area contributed by atoms with Crippen molar-refractivity contribution in [3.63, 3.8) is 0 Å². The van der Waals surface area contributed by atoms with Crippen LogP contribution in [0, 0.1) is 19.7 Å². The number of methoxy groups -OCH3 is 1. The second-order valence-electron chi connectivity index (χ2n) is 8.84. The van der Waals surface area contributed by atoms with E-state index >= 15 is 0 Å². The van der Waals surface area contributed by atoms with Gasteiger partial charge >= 0.3 is 0 Å². The Labute approximate surface area is 217 Å². The summed E-state index contributed by atoms with van der Waals surface area (Å²) < 4.78 is 24.7. The molecule has 5 aromatic rings. The molecule has 190 valence electrons. The van der Waals surface area contributed by atoms with Crippen LogP contribution in [0.15, 0.2) is 77.9 Å². The lowest BCUT2D eigenvalue weighted by molar-refractivity contribution is 0.0991. The smallest absolute Gasteiger partial charge is 0.200 e. The van der Waals surface area contributed by atoms with Gasteiger partial charge in [-0.3, -0.25) is 14.6 Å². The SMILES string of the molecule is COc1cc2nccc(Oc3ccc(CC(=O)c4c[nH]c(C)c(-c5ccc(F)cc5)c4=O)cc3)c2nc1C. The van der Waals surface area contributed by atoms with E-state index < -0.39 is 5.82 Å². The molecule has 5 rings (SSSR count). The number of aromatic nitrogens is 3. The molecule has 0 radical (unpaired) electrons. The lowest BCUT2D eigenvalue weighted by atomic mass is 9.98. The Hall–Kier alpha value is -4.85. The summed E-state index contributed by atoms with van der Waals surface area (Å²) in [7, 11) is 1.59. The number of ketones is 1. The van der Waals surface area contributed by atoms with Gasteiger partial charge in [-0.2, -0.15) is 0 Å². The van der Waals surface area contributed by atoms with Gasteiger partial charge in [0, 0.05) is 42.2 Å². The Kier molecular flexibility index (Phi) is 6.70. The summed E-state index contributed by atoms with van der Waals surface area (Å²) in [5, 5.41) is 0. The number of rotatable bonds is 7. The third-order valence-corrected chi connectivity index (χ3v) is 6.27. The minimum Gasteiger partial charge on any atom is -0.495 e. The quantitative estimate of drug-likeness (QED) is 0.272. The number of Topliss-reactive ketones (excluding diaryl/α,β-unsaturated/α-hetero) is 1. The van der Waals surface area contributed by atoms with Gasteiger partial charge in [-0.05, 0) is 49.2 Å². The number of aromatic amines is 1. The maximum Gasteiger partial charge on any atom is 0.200 e. The molecule has 0 aliphatic rings. The van der Waals surface area contributed by atoms with Crippen LogP contribution in [-0.4, -0.2) is 27.8 Å². The van der Waals surface area contributed by atoms with Crippen LogP contribution < -0.4 is 14.9 Å². The first-order chi connectivity index (χ1) is 18.3. The first kappa shape index (κ1) is 24.8. The molecule has 0 unspecified atom stereocenters. The van der Waals surface area contributed by atoms with Crippen molar-refractivity contribution in [1.82, 2.24) is 15.0 Å². The Morgan fingerprint density at radius 1 is 1.00 bits per heavy atom. The topological polar surface area (TPSA) is 94.2 Å². The molecule has 38 heavy (non-hydrogen) atoms. The zero-order valence-corrected chi connectivity index (χ0v) is 21.0. The summed E-state index contributed by atoms with van der Waals surface area (Å²) in [6, 6.07) is 16.3. The molecule has 0 bridgehead atoms. The zero-order valence-electron chi connectivity index (χ0n) is 21.0. The van der Waals surface area contributed by atoms with Crippen LogP contribution in [-0.2, 0) is 6.42 Å². The van der Waals surface area contributed by atoms with Crippen molar-refractivity contribution >= 4 is 16.8 Å². The van der Waals surface area contributed by atoms with Crippen LogP contribution >= 0.6 is 0 Å². The van der Waals surface area contributed by atoms with Crippen LogP contribution in [0.1, 0.15) is 27.3 Å². The second kappa shape index (κ2) is 10.3. The number of fused-ring (bicyclic) bond motifs is 1. The lowest BCUT2D eigenvalue weighted by Crippen LogP contribution is -2.20. The molecule has 7 nitrogen and oxygen atoms in total. The van der Waals surface area contributed by atoms with Gasteiger partial charge in [0.15, 0.2) is 17.0 Å².